The molecule has 1 amide bonds. The van der Waals surface area contributed by atoms with Crippen LogP contribution in [0.2, 0.25) is 0 Å². The first-order chi connectivity index (χ1) is 23.5. The summed E-state index contributed by atoms with van der Waals surface area (Å²) in [5, 5.41) is 10.5. The molecule has 1 aromatic carbocycles. The van der Waals surface area contributed by atoms with Gasteiger partial charge in [-0.25, -0.2) is 9.97 Å². The lowest BCUT2D eigenvalue weighted by atomic mass is 10.1. The lowest BCUT2D eigenvalue weighted by molar-refractivity contribution is 0.0700. The van der Waals surface area contributed by atoms with Crippen molar-refractivity contribution in [1.82, 2.24) is 29.0 Å². The van der Waals surface area contributed by atoms with Crippen LogP contribution in [0.1, 0.15) is 48.0 Å². The summed E-state index contributed by atoms with van der Waals surface area (Å²) in [7, 11) is 1.67. The standard InChI is InChI=1S/C37H39N9O2/c1-48-32-14-27(37(47)45-21-26-6-7-30(45)33(26)39)12-29-34(32)46(20-23-8-10-43(18-23)28-11-24(15-38)16-40-17-28)36(42-29)31-13-25-3-2-9-41-35(25)44(31)19-22-4-5-22/h2-3,9,11-14,16-17,22-23,26,30,33H,4-8,10,18-21,39H2,1H3/t23-,26+,30+,33+/m0/s1. The summed E-state index contributed by atoms with van der Waals surface area (Å²) < 4.78 is 10.7. The van der Waals surface area contributed by atoms with Gasteiger partial charge in [0.25, 0.3) is 5.91 Å². The Bertz CT molecular complexity index is 2110. The van der Waals surface area contributed by atoms with Crippen LogP contribution in [-0.2, 0) is 13.1 Å². The first kappa shape index (κ1) is 29.2. The topological polar surface area (TPSA) is 131 Å². The van der Waals surface area contributed by atoms with Gasteiger partial charge in [0.1, 0.15) is 23.0 Å². The monoisotopic (exact) mass is 641 g/mol. The molecule has 48 heavy (non-hydrogen) atoms. The molecule has 0 unspecified atom stereocenters. The fourth-order valence-corrected chi connectivity index (χ4v) is 8.48. The Labute approximate surface area is 278 Å². The van der Waals surface area contributed by atoms with Gasteiger partial charge < -0.3 is 29.4 Å². The maximum absolute atomic E-state index is 14.0. The van der Waals surface area contributed by atoms with Crippen molar-refractivity contribution in [1.29, 1.82) is 5.26 Å². The molecule has 0 spiro atoms. The van der Waals surface area contributed by atoms with Gasteiger partial charge in [-0.15, -0.1) is 0 Å². The predicted molar refractivity (Wildman–Crippen MR) is 183 cm³/mol. The summed E-state index contributed by atoms with van der Waals surface area (Å²) in [6.45, 7) is 4.05. The third-order valence-corrected chi connectivity index (χ3v) is 11.2. The molecule has 2 saturated heterocycles. The van der Waals surface area contributed by atoms with Gasteiger partial charge in [0, 0.05) is 68.2 Å². The molecule has 2 aliphatic carbocycles. The van der Waals surface area contributed by atoms with Crippen LogP contribution in [0.15, 0.2) is 55.0 Å². The van der Waals surface area contributed by atoms with Crippen molar-refractivity contribution in [3.8, 4) is 23.3 Å². The number of aromatic nitrogens is 5. The molecule has 4 atom stereocenters. The summed E-state index contributed by atoms with van der Waals surface area (Å²) in [6, 6.07) is 14.4. The Morgan fingerprint density at radius 1 is 1.04 bits per heavy atom. The highest BCUT2D eigenvalue weighted by molar-refractivity contribution is 6.00. The fourth-order valence-electron chi connectivity index (χ4n) is 8.48. The number of benzene rings is 1. The van der Waals surface area contributed by atoms with Crippen LogP contribution in [0.25, 0.3) is 33.6 Å². The van der Waals surface area contributed by atoms with Crippen molar-refractivity contribution in [2.45, 2.75) is 57.3 Å². The van der Waals surface area contributed by atoms with E-state index in [9.17, 15) is 10.1 Å². The number of rotatable bonds is 8. The highest BCUT2D eigenvalue weighted by Gasteiger charge is 2.47. The van der Waals surface area contributed by atoms with Crippen LogP contribution >= 0.6 is 0 Å². The molecule has 11 heteroatoms. The van der Waals surface area contributed by atoms with E-state index in [0.29, 0.717) is 41.2 Å². The summed E-state index contributed by atoms with van der Waals surface area (Å²) in [5.41, 5.74) is 12.3. The number of piperidine rings is 1. The highest BCUT2D eigenvalue weighted by atomic mass is 16.5. The van der Waals surface area contributed by atoms with Gasteiger partial charge in [-0.1, -0.05) is 0 Å². The number of ether oxygens (including phenoxy) is 1. The second-order valence-corrected chi connectivity index (χ2v) is 14.2. The molecule has 5 aromatic rings. The van der Waals surface area contributed by atoms with Crippen LogP contribution in [0.4, 0.5) is 5.69 Å². The second-order valence-electron chi connectivity index (χ2n) is 14.2. The van der Waals surface area contributed by atoms with Crippen LogP contribution in [0, 0.1) is 29.1 Å². The van der Waals surface area contributed by atoms with Gasteiger partial charge in [0.05, 0.1) is 35.8 Å². The van der Waals surface area contributed by atoms with E-state index in [1.54, 1.807) is 13.3 Å². The third kappa shape index (κ3) is 4.81. The van der Waals surface area contributed by atoms with Gasteiger partial charge in [-0.3, -0.25) is 9.78 Å². The molecule has 2 aliphatic heterocycles. The Kier molecular flexibility index (Phi) is 6.90. The number of imidazole rings is 1. The van der Waals surface area contributed by atoms with Crippen molar-refractivity contribution in [3.05, 3.63) is 66.1 Å². The SMILES string of the molecule is COc1cc(C(=O)N2C[C@H]3CC[C@@H]2[C@@H]3N)cc2nc(-c3cc4cccnc4n3CC3CC3)n(C[C@H]3CCN(c4cncc(C#N)c4)C3)c12. The van der Waals surface area contributed by atoms with E-state index in [1.807, 2.05) is 41.6 Å². The quantitative estimate of drug-likeness (QED) is 0.255. The summed E-state index contributed by atoms with van der Waals surface area (Å²) in [5.74, 6) is 2.84. The van der Waals surface area contributed by atoms with E-state index in [4.69, 9.17) is 20.4 Å². The number of carbonyl (C=O) groups excluding carboxylic acids is 1. The number of pyridine rings is 2. The Morgan fingerprint density at radius 2 is 1.92 bits per heavy atom. The number of nitriles is 1. The zero-order valence-electron chi connectivity index (χ0n) is 27.1. The van der Waals surface area contributed by atoms with E-state index < -0.39 is 0 Å². The van der Waals surface area contributed by atoms with Crippen molar-refractivity contribution >= 4 is 33.7 Å². The van der Waals surface area contributed by atoms with Crippen molar-refractivity contribution in [2.75, 3.05) is 31.6 Å². The first-order valence-corrected chi connectivity index (χ1v) is 17.2. The number of anilines is 1. The number of hydrogen-bond donors (Lipinski definition) is 1. The maximum Gasteiger partial charge on any atom is 0.254 e. The number of amides is 1. The van der Waals surface area contributed by atoms with Crippen LogP contribution < -0.4 is 15.4 Å². The molecule has 2 bridgehead atoms. The summed E-state index contributed by atoms with van der Waals surface area (Å²) in [4.78, 5) is 32.7. The summed E-state index contributed by atoms with van der Waals surface area (Å²) >= 11 is 0. The Morgan fingerprint density at radius 3 is 2.69 bits per heavy atom. The molecule has 244 valence electrons. The van der Waals surface area contributed by atoms with E-state index in [-0.39, 0.29) is 18.0 Å². The number of methoxy groups -OCH3 is 1. The predicted octanol–water partition coefficient (Wildman–Crippen LogP) is 4.83. The Balaban J connectivity index is 1.15. The number of hydrogen-bond acceptors (Lipinski definition) is 8. The molecule has 0 radical (unpaired) electrons. The van der Waals surface area contributed by atoms with Gasteiger partial charge in [-0.05, 0) is 86.3 Å². The Hall–Kier alpha value is -4.95. The second kappa shape index (κ2) is 11.3. The van der Waals surface area contributed by atoms with E-state index in [1.165, 1.54) is 12.8 Å². The van der Waals surface area contributed by atoms with Crippen molar-refractivity contribution in [3.63, 3.8) is 0 Å². The third-order valence-electron chi connectivity index (χ3n) is 11.2. The number of carbonyl (C=O) groups is 1. The molecule has 6 heterocycles. The fraction of sp³-hybridized carbons (Fsp3) is 0.432. The molecular weight excluding hydrogens is 602 g/mol. The molecular formula is C37H39N9O2. The number of fused-ring (bicyclic) bond motifs is 4. The zero-order chi connectivity index (χ0) is 32.5. The van der Waals surface area contributed by atoms with E-state index >= 15 is 0 Å². The molecule has 4 aliphatic rings. The van der Waals surface area contributed by atoms with E-state index in [0.717, 1.165) is 84.7 Å². The van der Waals surface area contributed by atoms with Gasteiger partial charge in [0.2, 0.25) is 0 Å². The highest BCUT2D eigenvalue weighted by Crippen LogP contribution is 2.41. The molecule has 9 rings (SSSR count). The van der Waals surface area contributed by atoms with E-state index in [2.05, 4.69) is 37.2 Å². The van der Waals surface area contributed by atoms with Crippen LogP contribution in [0.5, 0.6) is 5.75 Å². The number of likely N-dealkylation sites (tertiary alicyclic amines) is 1. The minimum Gasteiger partial charge on any atom is -0.494 e. The number of nitrogens with two attached hydrogens (primary N) is 1. The average Bonchev–Trinajstić information content (AvgIpc) is 3.43. The average molecular weight is 642 g/mol. The summed E-state index contributed by atoms with van der Waals surface area (Å²) in [6.07, 6.45) is 10.8. The normalized spacial score (nSPS) is 23.4. The molecule has 4 aromatic heterocycles. The van der Waals surface area contributed by atoms with Crippen LogP contribution in [0.3, 0.4) is 0 Å². The maximum atomic E-state index is 14.0. The van der Waals surface area contributed by atoms with Crippen molar-refractivity contribution < 1.29 is 9.53 Å². The molecule has 4 fully saturated rings. The van der Waals surface area contributed by atoms with Crippen LogP contribution in [-0.4, -0.2) is 73.7 Å². The first-order valence-electron chi connectivity index (χ1n) is 17.2. The lowest BCUT2D eigenvalue weighted by Gasteiger charge is -2.27. The van der Waals surface area contributed by atoms with Gasteiger partial charge in [-0.2, -0.15) is 5.26 Å². The molecule has 2 saturated carbocycles. The lowest BCUT2D eigenvalue weighted by Crippen LogP contribution is -2.41. The van der Waals surface area contributed by atoms with Gasteiger partial charge >= 0.3 is 0 Å². The smallest absolute Gasteiger partial charge is 0.254 e. The largest absolute Gasteiger partial charge is 0.494 e. The van der Waals surface area contributed by atoms with Gasteiger partial charge in [0.15, 0.2) is 5.82 Å². The minimum absolute atomic E-state index is 0.000593. The number of nitrogens with zero attached hydrogens (tertiary/aromatic N) is 8. The minimum atomic E-state index is 0.000593. The molecule has 2 N–H and O–H groups in total. The molecule has 11 nitrogen and oxygen atoms in total. The zero-order valence-corrected chi connectivity index (χ0v) is 27.1. The van der Waals surface area contributed by atoms with Crippen molar-refractivity contribution in [2.24, 2.45) is 23.5 Å².